The first-order valence-electron chi connectivity index (χ1n) is 8.69. The van der Waals surface area contributed by atoms with Gasteiger partial charge >= 0.3 is 0 Å². The molecule has 1 fully saturated rings. The summed E-state index contributed by atoms with van der Waals surface area (Å²) in [5.41, 5.74) is 1.40. The Morgan fingerprint density at radius 2 is 1.89 bits per heavy atom. The number of carbonyl (C=O) groups is 1. The standard InChI is InChI=1S/C20H17FN4O2/c1-12-6-16(27-17-10-23-20(24-11-17)13-2-3-13)8-18(25-12)19(26)7-15-5-4-14(21)9-22-15/h4-6,8-11,13H,2-3,7H2,1H3. The second-order valence-electron chi connectivity index (χ2n) is 6.55. The van der Waals surface area contributed by atoms with Crippen molar-refractivity contribution in [3.63, 3.8) is 0 Å². The molecule has 1 saturated carbocycles. The molecular weight excluding hydrogens is 347 g/mol. The SMILES string of the molecule is Cc1cc(Oc2cnc(C3CC3)nc2)cc(C(=O)Cc2ccc(F)cn2)n1. The second-order valence-corrected chi connectivity index (χ2v) is 6.55. The molecule has 0 spiro atoms. The van der Waals surface area contributed by atoms with E-state index >= 15 is 0 Å². The van der Waals surface area contributed by atoms with Crippen LogP contribution < -0.4 is 4.74 Å². The molecule has 3 heterocycles. The Morgan fingerprint density at radius 3 is 2.56 bits per heavy atom. The fraction of sp³-hybridized carbons (Fsp3) is 0.250. The molecule has 3 aromatic rings. The van der Waals surface area contributed by atoms with Crippen LogP contribution in [0.15, 0.2) is 42.9 Å². The van der Waals surface area contributed by atoms with E-state index in [0.717, 1.165) is 24.9 Å². The molecule has 6 nitrogen and oxygen atoms in total. The number of hydrogen-bond donors (Lipinski definition) is 0. The summed E-state index contributed by atoms with van der Waals surface area (Å²) in [5, 5.41) is 0. The molecular formula is C20H17FN4O2. The number of Topliss-reactive ketones (excluding diaryl/α,β-unsaturated/α-hetero) is 1. The summed E-state index contributed by atoms with van der Waals surface area (Å²) in [7, 11) is 0. The molecule has 7 heteroatoms. The molecule has 3 aromatic heterocycles. The van der Waals surface area contributed by atoms with Gasteiger partial charge in [-0.3, -0.25) is 9.78 Å². The van der Waals surface area contributed by atoms with Gasteiger partial charge in [-0.25, -0.2) is 19.3 Å². The van der Waals surface area contributed by atoms with Crippen LogP contribution in [0.3, 0.4) is 0 Å². The monoisotopic (exact) mass is 364 g/mol. The minimum Gasteiger partial charge on any atom is -0.454 e. The number of ether oxygens (including phenoxy) is 1. The van der Waals surface area contributed by atoms with E-state index in [1.54, 1.807) is 31.5 Å². The van der Waals surface area contributed by atoms with E-state index in [1.807, 2.05) is 0 Å². The highest BCUT2D eigenvalue weighted by Crippen LogP contribution is 2.38. The van der Waals surface area contributed by atoms with Crippen molar-refractivity contribution >= 4 is 5.78 Å². The van der Waals surface area contributed by atoms with Crippen LogP contribution in [0.25, 0.3) is 0 Å². The maximum absolute atomic E-state index is 12.9. The predicted octanol–water partition coefficient (Wildman–Crippen LogP) is 3.81. The molecule has 136 valence electrons. The van der Waals surface area contributed by atoms with E-state index in [1.165, 1.54) is 12.1 Å². The zero-order valence-corrected chi connectivity index (χ0v) is 14.7. The van der Waals surface area contributed by atoms with Crippen molar-refractivity contribution in [2.24, 2.45) is 0 Å². The zero-order valence-electron chi connectivity index (χ0n) is 14.7. The number of halogens is 1. The molecule has 27 heavy (non-hydrogen) atoms. The quantitative estimate of drug-likeness (QED) is 0.619. The van der Waals surface area contributed by atoms with Crippen molar-refractivity contribution in [2.45, 2.75) is 32.1 Å². The number of pyridine rings is 2. The average Bonchev–Trinajstić information content (AvgIpc) is 3.49. The Hall–Kier alpha value is -3.22. The highest BCUT2D eigenvalue weighted by Gasteiger charge is 2.26. The average molecular weight is 364 g/mol. The van der Waals surface area contributed by atoms with Crippen molar-refractivity contribution in [1.29, 1.82) is 0 Å². The number of carbonyl (C=O) groups excluding carboxylic acids is 1. The van der Waals surface area contributed by atoms with Crippen molar-refractivity contribution in [2.75, 3.05) is 0 Å². The largest absolute Gasteiger partial charge is 0.454 e. The van der Waals surface area contributed by atoms with Gasteiger partial charge in [0, 0.05) is 29.4 Å². The fourth-order valence-corrected chi connectivity index (χ4v) is 2.67. The minimum atomic E-state index is -0.439. The van der Waals surface area contributed by atoms with Crippen LogP contribution in [-0.4, -0.2) is 25.7 Å². The molecule has 0 saturated heterocycles. The van der Waals surface area contributed by atoms with Crippen LogP contribution in [0.2, 0.25) is 0 Å². The predicted molar refractivity (Wildman–Crippen MR) is 95.3 cm³/mol. The van der Waals surface area contributed by atoms with Gasteiger partial charge in [0.25, 0.3) is 0 Å². The van der Waals surface area contributed by atoms with E-state index < -0.39 is 5.82 Å². The Balaban J connectivity index is 1.49. The lowest BCUT2D eigenvalue weighted by molar-refractivity contribution is 0.0986. The number of rotatable bonds is 6. The third-order valence-corrected chi connectivity index (χ3v) is 4.17. The molecule has 1 aliphatic rings. The molecule has 0 unspecified atom stereocenters. The van der Waals surface area contributed by atoms with Crippen molar-refractivity contribution in [1.82, 2.24) is 19.9 Å². The van der Waals surface area contributed by atoms with Gasteiger partial charge in [-0.1, -0.05) is 0 Å². The van der Waals surface area contributed by atoms with Gasteiger partial charge in [-0.05, 0) is 31.9 Å². The second kappa shape index (κ2) is 7.19. The third-order valence-electron chi connectivity index (χ3n) is 4.17. The van der Waals surface area contributed by atoms with Gasteiger partial charge in [0.15, 0.2) is 11.5 Å². The molecule has 1 aliphatic carbocycles. The van der Waals surface area contributed by atoms with E-state index in [9.17, 15) is 9.18 Å². The van der Waals surface area contributed by atoms with Crippen LogP contribution in [-0.2, 0) is 6.42 Å². The van der Waals surface area contributed by atoms with Gasteiger partial charge in [0.2, 0.25) is 0 Å². The Morgan fingerprint density at radius 1 is 1.11 bits per heavy atom. The van der Waals surface area contributed by atoms with E-state index in [-0.39, 0.29) is 17.9 Å². The Bertz CT molecular complexity index is 970. The minimum absolute atomic E-state index is 0.0371. The van der Waals surface area contributed by atoms with Gasteiger partial charge in [-0.2, -0.15) is 0 Å². The van der Waals surface area contributed by atoms with Crippen LogP contribution in [0.4, 0.5) is 4.39 Å². The van der Waals surface area contributed by atoms with Crippen LogP contribution in [0.5, 0.6) is 11.5 Å². The maximum atomic E-state index is 12.9. The van der Waals surface area contributed by atoms with E-state index in [4.69, 9.17) is 4.74 Å². The summed E-state index contributed by atoms with van der Waals surface area (Å²) >= 11 is 0. The first-order valence-corrected chi connectivity index (χ1v) is 8.69. The highest BCUT2D eigenvalue weighted by molar-refractivity contribution is 5.95. The highest BCUT2D eigenvalue weighted by atomic mass is 19.1. The van der Waals surface area contributed by atoms with Gasteiger partial charge < -0.3 is 4.74 Å². The molecule has 0 aromatic carbocycles. The topological polar surface area (TPSA) is 77.9 Å². The summed E-state index contributed by atoms with van der Waals surface area (Å²) in [5.74, 6) is 1.65. The molecule has 4 rings (SSSR count). The molecule has 0 bridgehead atoms. The van der Waals surface area contributed by atoms with Crippen molar-refractivity contribution < 1.29 is 13.9 Å². The lowest BCUT2D eigenvalue weighted by Crippen LogP contribution is -2.08. The fourth-order valence-electron chi connectivity index (χ4n) is 2.67. The van der Waals surface area contributed by atoms with Gasteiger partial charge in [-0.15, -0.1) is 0 Å². The molecule has 0 amide bonds. The lowest BCUT2D eigenvalue weighted by atomic mass is 10.1. The van der Waals surface area contributed by atoms with Crippen LogP contribution in [0.1, 0.15) is 46.5 Å². The van der Waals surface area contributed by atoms with E-state index in [0.29, 0.717) is 28.8 Å². The molecule has 0 N–H and O–H groups in total. The van der Waals surface area contributed by atoms with Gasteiger partial charge in [0.1, 0.15) is 23.1 Å². The molecule has 0 radical (unpaired) electrons. The van der Waals surface area contributed by atoms with Crippen LogP contribution in [0, 0.1) is 12.7 Å². The number of hydrogen-bond acceptors (Lipinski definition) is 6. The third kappa shape index (κ3) is 4.31. The summed E-state index contributed by atoms with van der Waals surface area (Å²) in [6, 6.07) is 6.08. The smallest absolute Gasteiger partial charge is 0.187 e. The summed E-state index contributed by atoms with van der Waals surface area (Å²) in [6.45, 7) is 1.78. The summed E-state index contributed by atoms with van der Waals surface area (Å²) in [4.78, 5) is 29.3. The number of ketones is 1. The number of aryl methyl sites for hydroxylation is 1. The normalized spacial score (nSPS) is 13.4. The lowest BCUT2D eigenvalue weighted by Gasteiger charge is -2.08. The molecule has 0 atom stereocenters. The summed E-state index contributed by atoms with van der Waals surface area (Å²) in [6.07, 6.45) is 6.68. The molecule has 0 aliphatic heterocycles. The number of nitrogens with zero attached hydrogens (tertiary/aromatic N) is 4. The Labute approximate surface area is 155 Å². The van der Waals surface area contributed by atoms with Crippen molar-refractivity contribution in [3.8, 4) is 11.5 Å². The number of aromatic nitrogens is 4. The first-order chi connectivity index (χ1) is 13.1. The van der Waals surface area contributed by atoms with Crippen molar-refractivity contribution in [3.05, 3.63) is 71.6 Å². The van der Waals surface area contributed by atoms with Crippen LogP contribution >= 0.6 is 0 Å². The zero-order chi connectivity index (χ0) is 18.8. The van der Waals surface area contributed by atoms with Gasteiger partial charge in [0.05, 0.1) is 25.0 Å². The summed E-state index contributed by atoms with van der Waals surface area (Å²) < 4.78 is 18.7. The maximum Gasteiger partial charge on any atom is 0.187 e. The Kier molecular flexibility index (Phi) is 4.58. The first kappa shape index (κ1) is 17.2. The van der Waals surface area contributed by atoms with E-state index in [2.05, 4.69) is 19.9 Å².